The van der Waals surface area contributed by atoms with Gasteiger partial charge in [-0.05, 0) is 60.8 Å². The second-order valence-electron chi connectivity index (χ2n) is 4.79. The first-order valence-corrected chi connectivity index (χ1v) is 6.94. The summed E-state index contributed by atoms with van der Waals surface area (Å²) in [5.41, 5.74) is 1.45. The van der Waals surface area contributed by atoms with Crippen molar-refractivity contribution in [1.29, 1.82) is 0 Å². The maximum absolute atomic E-state index is 5.49. The number of rotatable bonds is 6. The lowest BCUT2D eigenvalue weighted by Gasteiger charge is -2.24. The minimum Gasteiger partial charge on any atom is -0.493 e. The molecule has 1 rings (SSSR count). The highest BCUT2D eigenvalue weighted by Gasteiger charge is 2.13. The van der Waals surface area contributed by atoms with Crippen LogP contribution in [0.2, 0.25) is 0 Å². The Morgan fingerprint density at radius 2 is 1.94 bits per heavy atom. The summed E-state index contributed by atoms with van der Waals surface area (Å²) in [6.07, 6.45) is 1.12. The number of hydrogen-bond acceptors (Lipinski definition) is 2. The predicted octanol–water partition coefficient (Wildman–Crippen LogP) is 4.55. The molecule has 0 aliphatic rings. The molecule has 1 aromatic carbocycles. The zero-order chi connectivity index (χ0) is 12.9. The normalized spacial score (nSPS) is 10.9. The second kappa shape index (κ2) is 8.03. The van der Waals surface area contributed by atoms with Gasteiger partial charge in [-0.3, -0.25) is 0 Å². The molecule has 0 aliphatic heterocycles. The summed E-state index contributed by atoms with van der Waals surface area (Å²) in [4.78, 5) is 0. The minimum absolute atomic E-state index is 0. The van der Waals surface area contributed by atoms with E-state index in [2.05, 4.69) is 54.2 Å². The van der Waals surface area contributed by atoms with Gasteiger partial charge in [0.25, 0.3) is 0 Å². The van der Waals surface area contributed by atoms with E-state index in [1.807, 2.05) is 13.0 Å². The number of nitrogens with one attached hydrogen (secondary N) is 1. The molecule has 0 bridgehead atoms. The molecule has 1 N–H and O–H groups in total. The maximum Gasteiger partial charge on any atom is 0.133 e. The molecule has 0 saturated carbocycles. The first kappa shape index (κ1) is 17.8. The van der Waals surface area contributed by atoms with Gasteiger partial charge in [0.1, 0.15) is 5.75 Å². The van der Waals surface area contributed by atoms with E-state index in [-0.39, 0.29) is 17.9 Å². The molecule has 18 heavy (non-hydrogen) atoms. The van der Waals surface area contributed by atoms with Gasteiger partial charge in [-0.2, -0.15) is 0 Å². The fraction of sp³-hybridized carbons (Fsp3) is 0.571. The maximum atomic E-state index is 5.49. The van der Waals surface area contributed by atoms with Crippen LogP contribution in [0.15, 0.2) is 22.7 Å². The van der Waals surface area contributed by atoms with Crippen LogP contribution in [0.1, 0.15) is 39.7 Å². The Balaban J connectivity index is 0.00000289. The third-order valence-electron chi connectivity index (χ3n) is 2.95. The molecular weight excluding hydrogens is 314 g/mol. The largest absolute Gasteiger partial charge is 0.493 e. The molecule has 1 aromatic rings. The van der Waals surface area contributed by atoms with Crippen LogP contribution in [0.4, 0.5) is 0 Å². The first-order chi connectivity index (χ1) is 7.98. The number of halogens is 2. The number of benzene rings is 1. The first-order valence-electron chi connectivity index (χ1n) is 6.14. The zero-order valence-corrected chi connectivity index (χ0v) is 14.0. The Hall–Kier alpha value is -0.250. The van der Waals surface area contributed by atoms with E-state index in [4.69, 9.17) is 4.74 Å². The molecule has 104 valence electrons. The highest BCUT2D eigenvalue weighted by Crippen LogP contribution is 2.26. The van der Waals surface area contributed by atoms with Crippen molar-refractivity contribution in [1.82, 2.24) is 5.32 Å². The highest BCUT2D eigenvalue weighted by atomic mass is 79.9. The molecule has 0 aromatic heterocycles. The van der Waals surface area contributed by atoms with E-state index in [0.717, 1.165) is 23.2 Å². The van der Waals surface area contributed by atoms with Crippen molar-refractivity contribution >= 4 is 28.3 Å². The van der Waals surface area contributed by atoms with Crippen molar-refractivity contribution < 1.29 is 4.74 Å². The highest BCUT2D eigenvalue weighted by molar-refractivity contribution is 9.10. The van der Waals surface area contributed by atoms with Crippen molar-refractivity contribution in [3.63, 3.8) is 0 Å². The summed E-state index contributed by atoms with van der Waals surface area (Å²) in [5, 5.41) is 3.54. The molecule has 0 amide bonds. The molecule has 2 nitrogen and oxygen atoms in total. The van der Waals surface area contributed by atoms with Crippen molar-refractivity contribution in [2.75, 3.05) is 6.61 Å². The van der Waals surface area contributed by atoms with Gasteiger partial charge in [0.05, 0.1) is 11.1 Å². The van der Waals surface area contributed by atoms with Crippen LogP contribution in [-0.2, 0) is 6.54 Å². The van der Waals surface area contributed by atoms with E-state index in [1.54, 1.807) is 0 Å². The van der Waals surface area contributed by atoms with Gasteiger partial charge in [0, 0.05) is 12.1 Å². The van der Waals surface area contributed by atoms with Gasteiger partial charge in [0.15, 0.2) is 0 Å². The smallest absolute Gasteiger partial charge is 0.133 e. The lowest BCUT2D eigenvalue weighted by molar-refractivity contribution is 0.337. The van der Waals surface area contributed by atoms with Gasteiger partial charge < -0.3 is 10.1 Å². The summed E-state index contributed by atoms with van der Waals surface area (Å²) in [6, 6.07) is 6.24. The molecule has 0 radical (unpaired) electrons. The fourth-order valence-corrected chi connectivity index (χ4v) is 1.93. The Morgan fingerprint density at radius 1 is 1.28 bits per heavy atom. The van der Waals surface area contributed by atoms with Gasteiger partial charge >= 0.3 is 0 Å². The van der Waals surface area contributed by atoms with Crippen LogP contribution >= 0.6 is 28.3 Å². The number of ether oxygens (including phenoxy) is 1. The molecule has 0 spiro atoms. The van der Waals surface area contributed by atoms with Crippen LogP contribution < -0.4 is 10.1 Å². The molecule has 0 unspecified atom stereocenters. The molecule has 0 fully saturated rings. The summed E-state index contributed by atoms with van der Waals surface area (Å²) in [5.74, 6) is 0.908. The third-order valence-corrected chi connectivity index (χ3v) is 3.57. The molecular formula is C14H23BrClNO. The Morgan fingerprint density at radius 3 is 2.44 bits per heavy atom. The second-order valence-corrected chi connectivity index (χ2v) is 5.64. The Kier molecular flexibility index (Phi) is 7.92. The van der Waals surface area contributed by atoms with Gasteiger partial charge in [-0.1, -0.05) is 13.0 Å². The van der Waals surface area contributed by atoms with Crippen molar-refractivity contribution in [2.45, 2.75) is 46.2 Å². The Bertz CT molecular complexity index is 369. The molecule has 0 atom stereocenters. The van der Waals surface area contributed by atoms with Crippen LogP contribution in [0.5, 0.6) is 5.75 Å². The minimum atomic E-state index is 0. The van der Waals surface area contributed by atoms with Gasteiger partial charge in [-0.25, -0.2) is 0 Å². The molecule has 0 saturated heterocycles. The van der Waals surface area contributed by atoms with Crippen molar-refractivity contribution in [2.24, 2.45) is 0 Å². The average molecular weight is 337 g/mol. The van der Waals surface area contributed by atoms with Crippen LogP contribution in [0.3, 0.4) is 0 Å². The summed E-state index contributed by atoms with van der Waals surface area (Å²) < 4.78 is 6.51. The predicted molar refractivity (Wildman–Crippen MR) is 83.8 cm³/mol. The van der Waals surface area contributed by atoms with Gasteiger partial charge in [-0.15, -0.1) is 12.4 Å². The lowest BCUT2D eigenvalue weighted by atomic mass is 10.0. The quantitative estimate of drug-likeness (QED) is 0.823. The van der Waals surface area contributed by atoms with E-state index in [0.29, 0.717) is 6.61 Å². The van der Waals surface area contributed by atoms with E-state index in [9.17, 15) is 0 Å². The van der Waals surface area contributed by atoms with E-state index >= 15 is 0 Å². The summed E-state index contributed by atoms with van der Waals surface area (Å²) >= 11 is 3.53. The van der Waals surface area contributed by atoms with Crippen LogP contribution in [-0.4, -0.2) is 12.1 Å². The average Bonchev–Trinajstić information content (AvgIpc) is 2.30. The van der Waals surface area contributed by atoms with E-state index < -0.39 is 0 Å². The summed E-state index contributed by atoms with van der Waals surface area (Å²) in [7, 11) is 0. The number of hydrogen-bond donors (Lipinski definition) is 1. The van der Waals surface area contributed by atoms with E-state index in [1.165, 1.54) is 5.56 Å². The summed E-state index contributed by atoms with van der Waals surface area (Å²) in [6.45, 7) is 10.2. The topological polar surface area (TPSA) is 21.3 Å². The lowest BCUT2D eigenvalue weighted by Crippen LogP contribution is -2.37. The molecule has 0 heterocycles. The molecule has 4 heteroatoms. The zero-order valence-electron chi connectivity index (χ0n) is 11.5. The van der Waals surface area contributed by atoms with Crippen molar-refractivity contribution in [3.8, 4) is 5.75 Å². The van der Waals surface area contributed by atoms with Crippen LogP contribution in [0.25, 0.3) is 0 Å². The third kappa shape index (κ3) is 5.59. The Labute approximate surface area is 125 Å². The van der Waals surface area contributed by atoms with Gasteiger partial charge in [0.2, 0.25) is 0 Å². The van der Waals surface area contributed by atoms with Crippen molar-refractivity contribution in [3.05, 3.63) is 28.2 Å². The monoisotopic (exact) mass is 335 g/mol. The standard InChI is InChI=1S/C14H22BrNO.ClH/c1-5-14(3,4)16-10-11-7-8-13(17-6-2)12(15)9-11;/h7-9,16H,5-6,10H2,1-4H3;1H. The van der Waals surface area contributed by atoms with Crippen LogP contribution in [0, 0.1) is 0 Å². The molecule has 0 aliphatic carbocycles. The SMILES string of the molecule is CCOc1ccc(CNC(C)(C)CC)cc1Br.Cl. The fourth-order valence-electron chi connectivity index (χ4n) is 1.39.